The fourth-order valence-electron chi connectivity index (χ4n) is 3.39. The van der Waals surface area contributed by atoms with E-state index in [1.165, 1.54) is 30.3 Å². The second kappa shape index (κ2) is 6.59. The molecule has 0 atom stereocenters. The molecular formula is C19H20FNO3S. The maximum absolute atomic E-state index is 13.3. The van der Waals surface area contributed by atoms with E-state index < -0.39 is 26.3 Å². The number of benzene rings is 2. The van der Waals surface area contributed by atoms with Crippen LogP contribution < -0.4 is 5.32 Å². The monoisotopic (exact) mass is 361 g/mol. The Morgan fingerprint density at radius 1 is 1.08 bits per heavy atom. The predicted molar refractivity (Wildman–Crippen MR) is 94.6 cm³/mol. The van der Waals surface area contributed by atoms with Crippen molar-refractivity contribution in [3.63, 3.8) is 0 Å². The number of nitrogens with one attached hydrogen (secondary N) is 1. The highest BCUT2D eigenvalue weighted by molar-refractivity contribution is 7.93. The summed E-state index contributed by atoms with van der Waals surface area (Å²) in [4.78, 5) is 13.2. The lowest BCUT2D eigenvalue weighted by Gasteiger charge is -2.28. The number of aryl methyl sites for hydroxylation is 1. The Balaban J connectivity index is 1.99. The van der Waals surface area contributed by atoms with Gasteiger partial charge < -0.3 is 5.32 Å². The first-order chi connectivity index (χ1) is 11.9. The molecule has 0 bridgehead atoms. The SMILES string of the molecule is Cc1cc(F)ccc1NC(=O)C1(S(=O)(=O)c2ccccc2)CCCC1. The molecule has 1 amide bonds. The van der Waals surface area contributed by atoms with Gasteiger partial charge in [0.2, 0.25) is 5.91 Å². The fraction of sp³-hybridized carbons (Fsp3) is 0.316. The molecule has 0 spiro atoms. The Hall–Kier alpha value is -2.21. The van der Waals surface area contributed by atoms with Crippen molar-refractivity contribution in [1.82, 2.24) is 0 Å². The molecule has 1 saturated carbocycles. The van der Waals surface area contributed by atoms with E-state index in [1.807, 2.05) is 0 Å². The van der Waals surface area contributed by atoms with Crippen LogP contribution in [0.15, 0.2) is 53.4 Å². The lowest BCUT2D eigenvalue weighted by molar-refractivity contribution is -0.118. The lowest BCUT2D eigenvalue weighted by Crippen LogP contribution is -2.47. The molecule has 6 heteroatoms. The van der Waals surface area contributed by atoms with E-state index in [0.717, 1.165) is 0 Å². The maximum Gasteiger partial charge on any atom is 0.246 e. The molecular weight excluding hydrogens is 341 g/mol. The van der Waals surface area contributed by atoms with Crippen molar-refractivity contribution in [2.75, 3.05) is 5.32 Å². The van der Waals surface area contributed by atoms with Gasteiger partial charge in [-0.25, -0.2) is 12.8 Å². The summed E-state index contributed by atoms with van der Waals surface area (Å²) >= 11 is 0. The Morgan fingerprint density at radius 2 is 1.72 bits per heavy atom. The highest BCUT2D eigenvalue weighted by Gasteiger charge is 2.52. The lowest BCUT2D eigenvalue weighted by atomic mass is 10.1. The van der Waals surface area contributed by atoms with E-state index in [4.69, 9.17) is 0 Å². The topological polar surface area (TPSA) is 63.2 Å². The van der Waals surface area contributed by atoms with E-state index in [0.29, 0.717) is 24.1 Å². The van der Waals surface area contributed by atoms with E-state index >= 15 is 0 Å². The molecule has 1 aliphatic carbocycles. The second-order valence-corrected chi connectivity index (χ2v) is 8.69. The van der Waals surface area contributed by atoms with E-state index in [2.05, 4.69) is 5.32 Å². The molecule has 1 N–H and O–H groups in total. The van der Waals surface area contributed by atoms with Gasteiger partial charge in [-0.1, -0.05) is 31.0 Å². The molecule has 0 unspecified atom stereocenters. The third-order valence-electron chi connectivity index (χ3n) is 4.83. The van der Waals surface area contributed by atoms with Crippen LogP contribution in [0.4, 0.5) is 10.1 Å². The standard InChI is InChI=1S/C19H20FNO3S/c1-14-13-15(20)9-10-17(14)21-18(22)19(11-5-6-12-19)25(23,24)16-7-3-2-4-8-16/h2-4,7-10,13H,5-6,11-12H2,1H3,(H,21,22). The number of carbonyl (C=O) groups excluding carboxylic acids is 1. The fourth-order valence-corrected chi connectivity index (χ4v) is 5.48. The zero-order valence-electron chi connectivity index (χ0n) is 14.0. The molecule has 1 fully saturated rings. The van der Waals surface area contributed by atoms with Crippen LogP contribution in [0, 0.1) is 12.7 Å². The number of carbonyl (C=O) groups is 1. The summed E-state index contributed by atoms with van der Waals surface area (Å²) < 4.78 is 38.2. The van der Waals surface area contributed by atoms with Crippen molar-refractivity contribution in [1.29, 1.82) is 0 Å². The molecule has 0 saturated heterocycles. The van der Waals surface area contributed by atoms with Crippen molar-refractivity contribution in [3.8, 4) is 0 Å². The number of anilines is 1. The summed E-state index contributed by atoms with van der Waals surface area (Å²) in [7, 11) is -3.83. The third kappa shape index (κ3) is 3.06. The normalized spacial score (nSPS) is 16.6. The van der Waals surface area contributed by atoms with Gasteiger partial charge in [0.05, 0.1) is 4.90 Å². The van der Waals surface area contributed by atoms with Crippen LogP contribution in [0.1, 0.15) is 31.2 Å². The molecule has 4 nitrogen and oxygen atoms in total. The van der Waals surface area contributed by atoms with E-state index in [1.54, 1.807) is 25.1 Å². The van der Waals surface area contributed by atoms with E-state index in [-0.39, 0.29) is 17.7 Å². The molecule has 3 rings (SSSR count). The Morgan fingerprint density at radius 3 is 2.32 bits per heavy atom. The molecule has 1 aliphatic rings. The minimum Gasteiger partial charge on any atom is -0.324 e. The van der Waals surface area contributed by atoms with Crippen LogP contribution in [0.3, 0.4) is 0 Å². The summed E-state index contributed by atoms with van der Waals surface area (Å²) in [5.74, 6) is -0.938. The quantitative estimate of drug-likeness (QED) is 0.899. The third-order valence-corrected chi connectivity index (χ3v) is 7.34. The minimum atomic E-state index is -3.83. The number of hydrogen-bond donors (Lipinski definition) is 1. The van der Waals surface area contributed by atoms with Gasteiger partial charge in [0.15, 0.2) is 14.6 Å². The Kier molecular flexibility index (Phi) is 4.64. The van der Waals surface area contributed by atoms with Crippen LogP contribution in [-0.4, -0.2) is 19.1 Å². The van der Waals surface area contributed by atoms with Crippen LogP contribution in [-0.2, 0) is 14.6 Å². The Labute approximate surface area is 147 Å². The molecule has 132 valence electrons. The molecule has 2 aromatic carbocycles. The smallest absolute Gasteiger partial charge is 0.246 e. The van der Waals surface area contributed by atoms with Gasteiger partial charge in [0.1, 0.15) is 5.82 Å². The maximum atomic E-state index is 13.3. The first-order valence-electron chi connectivity index (χ1n) is 8.24. The number of amides is 1. The van der Waals surface area contributed by atoms with Gasteiger partial charge in [-0.15, -0.1) is 0 Å². The number of hydrogen-bond acceptors (Lipinski definition) is 3. The minimum absolute atomic E-state index is 0.155. The van der Waals surface area contributed by atoms with Gasteiger partial charge in [0, 0.05) is 5.69 Å². The van der Waals surface area contributed by atoms with E-state index in [9.17, 15) is 17.6 Å². The van der Waals surface area contributed by atoms with Crippen molar-refractivity contribution in [3.05, 3.63) is 59.9 Å². The molecule has 0 radical (unpaired) electrons. The Bertz CT molecular complexity index is 888. The van der Waals surface area contributed by atoms with Crippen molar-refractivity contribution in [2.24, 2.45) is 0 Å². The average molecular weight is 361 g/mol. The van der Waals surface area contributed by atoms with Gasteiger partial charge in [0.25, 0.3) is 0 Å². The number of halogens is 1. The number of rotatable bonds is 4. The summed E-state index contributed by atoms with van der Waals surface area (Å²) in [5, 5.41) is 2.71. The van der Waals surface area contributed by atoms with Crippen molar-refractivity contribution < 1.29 is 17.6 Å². The average Bonchev–Trinajstić information content (AvgIpc) is 3.10. The van der Waals surface area contributed by atoms with Gasteiger partial charge in [-0.3, -0.25) is 4.79 Å². The molecule has 0 heterocycles. The van der Waals surface area contributed by atoms with Crippen LogP contribution >= 0.6 is 0 Å². The second-order valence-electron chi connectivity index (χ2n) is 6.43. The van der Waals surface area contributed by atoms with Crippen molar-refractivity contribution in [2.45, 2.75) is 42.2 Å². The molecule has 0 aromatic heterocycles. The van der Waals surface area contributed by atoms with Crippen LogP contribution in [0.25, 0.3) is 0 Å². The summed E-state index contributed by atoms with van der Waals surface area (Å²) in [6.45, 7) is 1.67. The summed E-state index contributed by atoms with van der Waals surface area (Å²) in [6.07, 6.45) is 1.94. The van der Waals surface area contributed by atoms with Gasteiger partial charge in [-0.05, 0) is 55.7 Å². The highest BCUT2D eigenvalue weighted by atomic mass is 32.2. The molecule has 25 heavy (non-hydrogen) atoms. The summed E-state index contributed by atoms with van der Waals surface area (Å²) in [5.41, 5.74) is 0.986. The van der Waals surface area contributed by atoms with Gasteiger partial charge in [-0.2, -0.15) is 0 Å². The number of sulfone groups is 1. The highest BCUT2D eigenvalue weighted by Crippen LogP contribution is 2.41. The van der Waals surface area contributed by atoms with Crippen LogP contribution in [0.5, 0.6) is 0 Å². The first-order valence-corrected chi connectivity index (χ1v) is 9.72. The van der Waals surface area contributed by atoms with Crippen molar-refractivity contribution >= 4 is 21.4 Å². The largest absolute Gasteiger partial charge is 0.324 e. The predicted octanol–water partition coefficient (Wildman–Crippen LogP) is 3.86. The molecule has 2 aromatic rings. The van der Waals surface area contributed by atoms with Crippen LogP contribution in [0.2, 0.25) is 0 Å². The molecule has 0 aliphatic heterocycles. The zero-order valence-corrected chi connectivity index (χ0v) is 14.8. The van der Waals surface area contributed by atoms with Gasteiger partial charge >= 0.3 is 0 Å². The first kappa shape index (κ1) is 17.6. The summed E-state index contributed by atoms with van der Waals surface area (Å²) in [6, 6.07) is 12.1. The zero-order chi connectivity index (χ0) is 18.1.